The van der Waals surface area contributed by atoms with Crippen molar-refractivity contribution in [2.75, 3.05) is 0 Å². The van der Waals surface area contributed by atoms with Crippen LogP contribution in [0.25, 0.3) is 0 Å². The van der Waals surface area contributed by atoms with Gasteiger partial charge in [-0.15, -0.1) is 0 Å². The number of nitriles is 2. The first-order valence-electron chi connectivity index (χ1n) is 13.7. The molecule has 6 aromatic carbocycles. The van der Waals surface area contributed by atoms with Crippen LogP contribution in [0.4, 0.5) is 0 Å². The zero-order chi connectivity index (χ0) is 31.2. The number of thiocyanates is 2. The molecule has 0 aromatic heterocycles. The summed E-state index contributed by atoms with van der Waals surface area (Å²) < 4.78 is 0. The second-order valence-corrected chi connectivity index (χ2v) is 13.7. The fourth-order valence-corrected chi connectivity index (χ4v) is 8.97. The Morgan fingerprint density at radius 3 is 0.533 bits per heavy atom. The molecule has 0 heterocycles. The summed E-state index contributed by atoms with van der Waals surface area (Å²) in [7, 11) is -0.892. The summed E-state index contributed by atoms with van der Waals surface area (Å²) in [6.07, 6.45) is 0. The van der Waals surface area contributed by atoms with Gasteiger partial charge >= 0.3 is 20.4 Å². The Labute approximate surface area is 294 Å². The summed E-state index contributed by atoms with van der Waals surface area (Å²) in [5.74, 6) is 0. The second kappa shape index (κ2) is 22.7. The van der Waals surface area contributed by atoms with Crippen LogP contribution in [-0.4, -0.2) is 0 Å². The van der Waals surface area contributed by atoms with E-state index in [1.54, 1.807) is 0 Å². The second-order valence-electron chi connectivity index (χ2n) is 8.87. The molecule has 0 aliphatic rings. The topological polar surface area (TPSA) is 47.6 Å². The van der Waals surface area contributed by atoms with Gasteiger partial charge in [-0.05, 0) is 47.7 Å². The molecule has 6 aromatic rings. The van der Waals surface area contributed by atoms with Crippen molar-refractivity contribution in [2.45, 2.75) is 0 Å². The van der Waals surface area contributed by atoms with Crippen molar-refractivity contribution < 1.29 is 20.4 Å². The molecule has 0 N–H and O–H groups in total. The predicted octanol–water partition coefficient (Wildman–Crippen LogP) is 6.92. The van der Waals surface area contributed by atoms with E-state index in [2.05, 4.69) is 207 Å². The number of hydrogen-bond acceptors (Lipinski definition) is 4. The van der Waals surface area contributed by atoms with Crippen LogP contribution in [0, 0.1) is 21.3 Å². The van der Waals surface area contributed by atoms with Gasteiger partial charge in [-0.25, -0.2) is 10.5 Å². The Morgan fingerprint density at radius 2 is 0.422 bits per heavy atom. The third-order valence-corrected chi connectivity index (χ3v) is 11.0. The Kier molecular flexibility index (Phi) is 18.9. The SMILES string of the molecule is N#C[S-].N#C[S-].[Pd+2].c1ccc(P(c2ccccc2)c2ccccc2)cc1.c1ccc(P(c2ccccc2)c2ccccc2)cc1. The van der Waals surface area contributed by atoms with E-state index < -0.39 is 15.8 Å². The van der Waals surface area contributed by atoms with Crippen LogP contribution in [0.2, 0.25) is 0 Å². The first-order valence-corrected chi connectivity index (χ1v) is 17.2. The fraction of sp³-hybridized carbons (Fsp3) is 0. The maximum atomic E-state index is 7.13. The Morgan fingerprint density at radius 1 is 0.311 bits per heavy atom. The molecule has 0 unspecified atom stereocenters. The third kappa shape index (κ3) is 12.6. The third-order valence-electron chi connectivity index (χ3n) is 6.09. The first-order chi connectivity index (χ1) is 21.7. The molecule has 0 bridgehead atoms. The Balaban J connectivity index is 0.000000262. The zero-order valence-electron chi connectivity index (χ0n) is 24.2. The van der Waals surface area contributed by atoms with Gasteiger partial charge in [-0.1, -0.05) is 193 Å². The molecule has 0 fully saturated rings. The average Bonchev–Trinajstić information content (AvgIpc) is 3.09. The van der Waals surface area contributed by atoms with Crippen molar-refractivity contribution in [1.29, 1.82) is 10.5 Å². The summed E-state index contributed by atoms with van der Waals surface area (Å²) >= 11 is 7.40. The van der Waals surface area contributed by atoms with Crippen LogP contribution in [0.15, 0.2) is 182 Å². The summed E-state index contributed by atoms with van der Waals surface area (Å²) in [6.45, 7) is 0. The van der Waals surface area contributed by atoms with Crippen LogP contribution in [-0.2, 0) is 45.7 Å². The van der Waals surface area contributed by atoms with Gasteiger partial charge in [0.05, 0.1) is 0 Å². The summed E-state index contributed by atoms with van der Waals surface area (Å²) in [5.41, 5.74) is 0. The maximum Gasteiger partial charge on any atom is 2.00 e. The molecule has 6 rings (SSSR count). The van der Waals surface area contributed by atoms with E-state index in [1.165, 1.54) is 42.6 Å². The van der Waals surface area contributed by atoms with E-state index in [9.17, 15) is 0 Å². The molecule has 0 saturated carbocycles. The van der Waals surface area contributed by atoms with Crippen LogP contribution in [0.5, 0.6) is 0 Å². The van der Waals surface area contributed by atoms with Gasteiger partial charge in [0.15, 0.2) is 0 Å². The minimum Gasteiger partial charge on any atom is -0.696 e. The molecular weight excluding hydrogens is 717 g/mol. The molecular formula is C38H30N2P2PdS2. The van der Waals surface area contributed by atoms with E-state index in [0.717, 1.165) is 0 Å². The minimum absolute atomic E-state index is 0. The summed E-state index contributed by atoms with van der Waals surface area (Å²) in [5, 5.41) is 25.3. The van der Waals surface area contributed by atoms with Crippen LogP contribution in [0.3, 0.4) is 0 Å². The van der Waals surface area contributed by atoms with Gasteiger partial charge in [0, 0.05) is 0 Å². The monoisotopic (exact) mass is 746 g/mol. The Bertz CT molecular complexity index is 1370. The molecule has 2 nitrogen and oxygen atoms in total. The van der Waals surface area contributed by atoms with Crippen LogP contribution >= 0.6 is 15.8 Å². The van der Waals surface area contributed by atoms with Crippen molar-refractivity contribution in [3.05, 3.63) is 182 Å². The van der Waals surface area contributed by atoms with Crippen molar-refractivity contribution in [2.24, 2.45) is 0 Å². The Hall–Kier alpha value is -3.74. The van der Waals surface area contributed by atoms with E-state index in [0.29, 0.717) is 0 Å². The average molecular weight is 747 g/mol. The number of hydrogen-bond donors (Lipinski definition) is 0. The van der Waals surface area contributed by atoms with Gasteiger partial charge in [0.1, 0.15) is 0 Å². The maximum absolute atomic E-state index is 7.13. The predicted molar refractivity (Wildman–Crippen MR) is 196 cm³/mol. The minimum atomic E-state index is -0.446. The molecule has 0 saturated heterocycles. The van der Waals surface area contributed by atoms with E-state index in [4.69, 9.17) is 10.5 Å². The molecule has 224 valence electrons. The van der Waals surface area contributed by atoms with Gasteiger partial charge in [-0.2, -0.15) is 0 Å². The van der Waals surface area contributed by atoms with Crippen LogP contribution < -0.4 is 31.8 Å². The molecule has 45 heavy (non-hydrogen) atoms. The van der Waals surface area contributed by atoms with Crippen molar-refractivity contribution in [1.82, 2.24) is 0 Å². The largest absolute Gasteiger partial charge is 2.00 e. The molecule has 0 radical (unpaired) electrons. The van der Waals surface area contributed by atoms with Crippen LogP contribution in [0.1, 0.15) is 0 Å². The summed E-state index contributed by atoms with van der Waals surface area (Å²) in [4.78, 5) is 0. The van der Waals surface area contributed by atoms with Crippen molar-refractivity contribution in [3.63, 3.8) is 0 Å². The quantitative estimate of drug-likeness (QED) is 0.0805. The molecule has 0 aliphatic carbocycles. The van der Waals surface area contributed by atoms with Gasteiger partial charge in [-0.3, -0.25) is 0 Å². The van der Waals surface area contributed by atoms with Crippen molar-refractivity contribution in [3.8, 4) is 10.8 Å². The van der Waals surface area contributed by atoms with Gasteiger partial charge in [0.2, 0.25) is 0 Å². The summed E-state index contributed by atoms with van der Waals surface area (Å²) in [6, 6.07) is 64.7. The van der Waals surface area contributed by atoms with E-state index in [-0.39, 0.29) is 20.4 Å². The van der Waals surface area contributed by atoms with Gasteiger partial charge < -0.3 is 25.3 Å². The smallest absolute Gasteiger partial charge is 0.696 e. The number of nitrogens with zero attached hydrogens (tertiary/aromatic N) is 2. The normalized spacial score (nSPS) is 9.24. The van der Waals surface area contributed by atoms with Gasteiger partial charge in [0.25, 0.3) is 0 Å². The van der Waals surface area contributed by atoms with Crippen molar-refractivity contribution >= 4 is 72.9 Å². The molecule has 0 amide bonds. The molecule has 0 spiro atoms. The molecule has 0 aliphatic heterocycles. The van der Waals surface area contributed by atoms with E-state index >= 15 is 0 Å². The molecule has 0 atom stereocenters. The standard InChI is InChI=1S/2C18H15P.2CHNS.Pd/c2*1-4-10-16(11-5-1)19(17-12-6-2-7-13-17)18-14-8-3-9-15-18;2*2-1-3;/h2*1-15H;2*3H;/q;;;;+2/p-2. The van der Waals surface area contributed by atoms with E-state index in [1.807, 2.05) is 0 Å². The number of rotatable bonds is 6. The molecule has 7 heteroatoms. The first kappa shape index (κ1) is 37.4. The zero-order valence-corrected chi connectivity index (χ0v) is 29.2. The number of benzene rings is 6. The fourth-order valence-electron chi connectivity index (χ4n) is 4.36.